The first-order valence-electron chi connectivity index (χ1n) is 6.92. The number of hydrogen-bond acceptors (Lipinski definition) is 5. The Bertz CT molecular complexity index is 943. The summed E-state index contributed by atoms with van der Waals surface area (Å²) in [5.74, 6) is 0.0645. The van der Waals surface area contributed by atoms with Gasteiger partial charge in [0.15, 0.2) is 0 Å². The van der Waals surface area contributed by atoms with E-state index in [-0.39, 0.29) is 11.3 Å². The molecule has 0 fully saturated rings. The van der Waals surface area contributed by atoms with Gasteiger partial charge in [-0.15, -0.1) is 0 Å². The van der Waals surface area contributed by atoms with Crippen LogP contribution in [0.25, 0.3) is 10.9 Å². The van der Waals surface area contributed by atoms with Crippen LogP contribution < -0.4 is 15.2 Å². The third-order valence-corrected chi connectivity index (χ3v) is 3.78. The summed E-state index contributed by atoms with van der Waals surface area (Å²) >= 11 is 5.99. The number of aromatic carboxylic acids is 1. The molecule has 1 aromatic heterocycles. The maximum Gasteiger partial charge on any atom is 0.339 e. The Hall–Kier alpha value is -2.99. The lowest BCUT2D eigenvalue weighted by molar-refractivity contribution is 0.0693. The topological polar surface area (TPSA) is 94.7 Å². The molecule has 0 atom stereocenters. The highest BCUT2D eigenvalue weighted by Gasteiger charge is 2.15. The van der Waals surface area contributed by atoms with Crippen LogP contribution in [0.15, 0.2) is 42.6 Å². The van der Waals surface area contributed by atoms with Crippen LogP contribution >= 0.6 is 11.6 Å². The molecule has 6 nitrogen and oxygen atoms in total. The zero-order chi connectivity index (χ0) is 17.3. The average Bonchev–Trinajstić information content (AvgIpc) is 2.57. The number of pyridine rings is 1. The smallest absolute Gasteiger partial charge is 0.339 e. The lowest BCUT2D eigenvalue weighted by Crippen LogP contribution is -2.01. The molecule has 0 bridgehead atoms. The molecule has 0 amide bonds. The minimum Gasteiger partial charge on any atom is -0.496 e. The number of aromatic nitrogens is 1. The number of rotatable bonds is 4. The molecular formula is C17H13ClN2O4. The van der Waals surface area contributed by atoms with Crippen molar-refractivity contribution in [1.82, 2.24) is 4.98 Å². The SMILES string of the molecule is COc1cc2nccc(Oc3ccc(N)c(Cl)c3)c2cc1C(=O)O. The van der Waals surface area contributed by atoms with E-state index in [2.05, 4.69) is 4.98 Å². The van der Waals surface area contributed by atoms with Gasteiger partial charge >= 0.3 is 5.97 Å². The summed E-state index contributed by atoms with van der Waals surface area (Å²) in [6, 6.07) is 9.57. The first-order valence-corrected chi connectivity index (χ1v) is 7.30. The van der Waals surface area contributed by atoms with E-state index in [1.807, 2.05) is 0 Å². The molecule has 0 saturated carbocycles. The summed E-state index contributed by atoms with van der Waals surface area (Å²) in [6.07, 6.45) is 1.57. The van der Waals surface area contributed by atoms with Gasteiger partial charge in [0.2, 0.25) is 0 Å². The van der Waals surface area contributed by atoms with Crippen molar-refractivity contribution < 1.29 is 19.4 Å². The molecule has 24 heavy (non-hydrogen) atoms. The Kier molecular flexibility index (Phi) is 4.14. The number of nitrogens with zero attached hydrogens (tertiary/aromatic N) is 1. The summed E-state index contributed by atoms with van der Waals surface area (Å²) in [7, 11) is 1.41. The van der Waals surface area contributed by atoms with Gasteiger partial charge in [-0.1, -0.05) is 11.6 Å². The van der Waals surface area contributed by atoms with Crippen molar-refractivity contribution in [3.8, 4) is 17.2 Å². The highest BCUT2D eigenvalue weighted by molar-refractivity contribution is 6.33. The molecule has 3 aromatic rings. The molecule has 7 heteroatoms. The van der Waals surface area contributed by atoms with E-state index in [1.165, 1.54) is 13.2 Å². The van der Waals surface area contributed by atoms with E-state index in [9.17, 15) is 9.90 Å². The Labute approximate surface area is 142 Å². The van der Waals surface area contributed by atoms with Crippen LogP contribution in [0.1, 0.15) is 10.4 Å². The van der Waals surface area contributed by atoms with Crippen molar-refractivity contribution in [3.05, 3.63) is 53.2 Å². The van der Waals surface area contributed by atoms with Gasteiger partial charge < -0.3 is 20.3 Å². The van der Waals surface area contributed by atoms with E-state index < -0.39 is 5.97 Å². The Morgan fingerprint density at radius 3 is 2.67 bits per heavy atom. The molecule has 0 aliphatic carbocycles. The number of nitrogens with two attached hydrogens (primary N) is 1. The molecule has 0 radical (unpaired) electrons. The monoisotopic (exact) mass is 344 g/mol. The van der Waals surface area contributed by atoms with Crippen molar-refractivity contribution >= 4 is 34.2 Å². The van der Waals surface area contributed by atoms with Crippen LogP contribution in [0.4, 0.5) is 5.69 Å². The van der Waals surface area contributed by atoms with Crippen molar-refractivity contribution in [2.75, 3.05) is 12.8 Å². The van der Waals surface area contributed by atoms with Gasteiger partial charge in [-0.05, 0) is 24.3 Å². The number of carboxylic acid groups (broad SMARTS) is 1. The number of methoxy groups -OCH3 is 1. The summed E-state index contributed by atoms with van der Waals surface area (Å²) in [5.41, 5.74) is 6.70. The van der Waals surface area contributed by atoms with Crippen molar-refractivity contribution in [1.29, 1.82) is 0 Å². The molecule has 2 aromatic carbocycles. The maximum atomic E-state index is 11.4. The van der Waals surface area contributed by atoms with E-state index in [0.29, 0.717) is 33.1 Å². The van der Waals surface area contributed by atoms with E-state index in [4.69, 9.17) is 26.8 Å². The lowest BCUT2D eigenvalue weighted by atomic mass is 10.1. The lowest BCUT2D eigenvalue weighted by Gasteiger charge is -2.12. The zero-order valence-corrected chi connectivity index (χ0v) is 13.4. The summed E-state index contributed by atoms with van der Waals surface area (Å²) in [4.78, 5) is 15.6. The largest absolute Gasteiger partial charge is 0.496 e. The van der Waals surface area contributed by atoms with Gasteiger partial charge in [0.1, 0.15) is 22.8 Å². The quantitative estimate of drug-likeness (QED) is 0.695. The minimum atomic E-state index is -1.10. The van der Waals surface area contributed by atoms with E-state index in [0.717, 1.165) is 0 Å². The number of carbonyl (C=O) groups is 1. The molecule has 122 valence electrons. The zero-order valence-electron chi connectivity index (χ0n) is 12.6. The summed E-state index contributed by atoms with van der Waals surface area (Å²) < 4.78 is 10.9. The molecular weight excluding hydrogens is 332 g/mol. The molecule has 0 saturated heterocycles. The van der Waals surface area contributed by atoms with Crippen molar-refractivity contribution in [3.63, 3.8) is 0 Å². The van der Waals surface area contributed by atoms with Crippen LogP contribution in [-0.4, -0.2) is 23.2 Å². The average molecular weight is 345 g/mol. The standard InChI is InChI=1S/C17H13ClN2O4/c1-23-16-8-14-10(7-11(16)17(21)22)15(4-5-20-14)24-9-2-3-13(19)12(18)6-9/h2-8H,19H2,1H3,(H,21,22). The van der Waals surface area contributed by atoms with E-state index >= 15 is 0 Å². The van der Waals surface area contributed by atoms with Crippen LogP contribution in [0.5, 0.6) is 17.2 Å². The fourth-order valence-electron chi connectivity index (χ4n) is 2.27. The van der Waals surface area contributed by atoms with Gasteiger partial charge in [-0.3, -0.25) is 4.98 Å². The highest BCUT2D eigenvalue weighted by Crippen LogP contribution is 2.34. The van der Waals surface area contributed by atoms with Gasteiger partial charge in [0, 0.05) is 23.7 Å². The number of anilines is 1. The van der Waals surface area contributed by atoms with Gasteiger partial charge in [0.25, 0.3) is 0 Å². The van der Waals surface area contributed by atoms with Crippen molar-refractivity contribution in [2.24, 2.45) is 0 Å². The third kappa shape index (κ3) is 2.91. The van der Waals surface area contributed by atoms with Crippen molar-refractivity contribution in [2.45, 2.75) is 0 Å². The van der Waals surface area contributed by atoms with Crippen LogP contribution in [-0.2, 0) is 0 Å². The second kappa shape index (κ2) is 6.25. The van der Waals surface area contributed by atoms with Gasteiger partial charge in [-0.2, -0.15) is 0 Å². The number of ether oxygens (including phenoxy) is 2. The van der Waals surface area contributed by atoms with E-state index in [1.54, 1.807) is 36.5 Å². The molecule has 1 heterocycles. The third-order valence-electron chi connectivity index (χ3n) is 3.45. The Balaban J connectivity index is 2.12. The molecule has 3 N–H and O–H groups in total. The van der Waals surface area contributed by atoms with Gasteiger partial charge in [0.05, 0.1) is 23.3 Å². The highest BCUT2D eigenvalue weighted by atomic mass is 35.5. The van der Waals surface area contributed by atoms with Gasteiger partial charge in [-0.25, -0.2) is 4.79 Å². The molecule has 0 spiro atoms. The fraction of sp³-hybridized carbons (Fsp3) is 0.0588. The molecule has 0 unspecified atom stereocenters. The number of benzene rings is 2. The first kappa shape index (κ1) is 15.9. The Morgan fingerprint density at radius 2 is 2.00 bits per heavy atom. The normalized spacial score (nSPS) is 10.6. The van der Waals surface area contributed by atoms with Crippen LogP contribution in [0.3, 0.4) is 0 Å². The number of halogens is 1. The fourth-order valence-corrected chi connectivity index (χ4v) is 2.44. The Morgan fingerprint density at radius 1 is 1.21 bits per heavy atom. The predicted molar refractivity (Wildman–Crippen MR) is 91.2 cm³/mol. The summed E-state index contributed by atoms with van der Waals surface area (Å²) in [6.45, 7) is 0. The van der Waals surface area contributed by atoms with Crippen LogP contribution in [0.2, 0.25) is 5.02 Å². The molecule has 3 rings (SSSR count). The number of hydrogen-bond donors (Lipinski definition) is 2. The number of nitrogen functional groups attached to an aromatic ring is 1. The maximum absolute atomic E-state index is 11.4. The second-order valence-electron chi connectivity index (χ2n) is 4.97. The molecule has 0 aliphatic rings. The predicted octanol–water partition coefficient (Wildman–Crippen LogP) is 3.97. The second-order valence-corrected chi connectivity index (χ2v) is 5.38. The number of fused-ring (bicyclic) bond motifs is 1. The summed E-state index contributed by atoms with van der Waals surface area (Å²) in [5, 5.41) is 10.3. The first-order chi connectivity index (χ1) is 11.5. The number of carboxylic acids is 1. The minimum absolute atomic E-state index is 0.0261. The molecule has 0 aliphatic heterocycles. The van der Waals surface area contributed by atoms with Crippen LogP contribution in [0, 0.1) is 0 Å².